The lowest BCUT2D eigenvalue weighted by atomic mass is 10.2. The number of nitrogens with one attached hydrogen (secondary N) is 1. The number of carbonyl (C=O) groups excluding carboxylic acids is 1. The number of aromatic nitrogens is 4. The minimum absolute atomic E-state index is 0.239. The van der Waals surface area contributed by atoms with Crippen molar-refractivity contribution >= 4 is 39.8 Å². The van der Waals surface area contributed by atoms with Gasteiger partial charge < -0.3 is 4.90 Å². The second kappa shape index (κ2) is 8.59. The van der Waals surface area contributed by atoms with Crippen molar-refractivity contribution in [2.24, 2.45) is 0 Å². The van der Waals surface area contributed by atoms with Crippen LogP contribution in [0.1, 0.15) is 15.9 Å². The molecule has 0 bridgehead atoms. The van der Waals surface area contributed by atoms with Crippen molar-refractivity contribution in [3.63, 3.8) is 0 Å². The molecule has 3 aromatic rings. The number of carbonyl (C=O) groups is 1. The van der Waals surface area contributed by atoms with Gasteiger partial charge in [-0.3, -0.25) is 15.0 Å². The van der Waals surface area contributed by atoms with E-state index >= 15 is 0 Å². The van der Waals surface area contributed by atoms with Gasteiger partial charge in [0.05, 0.1) is 5.56 Å². The predicted molar refractivity (Wildman–Crippen MR) is 109 cm³/mol. The molecule has 0 spiro atoms. The molecule has 1 saturated heterocycles. The molecule has 0 atom stereocenters. The summed E-state index contributed by atoms with van der Waals surface area (Å²) in [5, 5.41) is 11.2. The summed E-state index contributed by atoms with van der Waals surface area (Å²) in [6, 6.07) is 7.49. The fraction of sp³-hybridized carbons (Fsp3) is 0.278. The average Bonchev–Trinajstić information content (AvgIpc) is 3.23. The normalized spacial score (nSPS) is 14.8. The van der Waals surface area contributed by atoms with Gasteiger partial charge in [-0.2, -0.15) is 0 Å². The van der Waals surface area contributed by atoms with Crippen LogP contribution in [0.3, 0.4) is 0 Å². The number of nitrogens with zero attached hydrogens (tertiary/aromatic N) is 6. The van der Waals surface area contributed by atoms with Gasteiger partial charge in [0.1, 0.15) is 16.5 Å². The molecule has 1 N–H and O–H groups in total. The van der Waals surface area contributed by atoms with E-state index in [0.717, 1.165) is 44.1 Å². The zero-order valence-electron chi connectivity index (χ0n) is 15.0. The van der Waals surface area contributed by atoms with E-state index in [-0.39, 0.29) is 5.91 Å². The SMILES string of the molecule is O=C(Nc1nncs1)c1ccc(N2CCN(Cc3ccc(Cl)nc3)CC2)nc1. The lowest BCUT2D eigenvalue weighted by molar-refractivity contribution is 0.102. The van der Waals surface area contributed by atoms with Crippen LogP contribution in [0.25, 0.3) is 0 Å². The van der Waals surface area contributed by atoms with E-state index in [9.17, 15) is 4.79 Å². The van der Waals surface area contributed by atoms with Crippen LogP contribution in [0, 0.1) is 0 Å². The van der Waals surface area contributed by atoms with Crippen molar-refractivity contribution in [1.29, 1.82) is 0 Å². The first kappa shape index (κ1) is 18.7. The number of hydrogen-bond donors (Lipinski definition) is 1. The van der Waals surface area contributed by atoms with Gasteiger partial charge in [-0.1, -0.05) is 29.0 Å². The van der Waals surface area contributed by atoms with Crippen molar-refractivity contribution in [2.45, 2.75) is 6.54 Å². The third kappa shape index (κ3) is 4.61. The van der Waals surface area contributed by atoms with Crippen LogP contribution in [0.5, 0.6) is 0 Å². The highest BCUT2D eigenvalue weighted by Crippen LogP contribution is 2.17. The van der Waals surface area contributed by atoms with Gasteiger partial charge in [-0.25, -0.2) is 9.97 Å². The maximum atomic E-state index is 12.2. The molecule has 0 unspecified atom stereocenters. The molecule has 8 nitrogen and oxygen atoms in total. The van der Waals surface area contributed by atoms with E-state index < -0.39 is 0 Å². The quantitative estimate of drug-likeness (QED) is 0.640. The molecule has 0 aromatic carbocycles. The largest absolute Gasteiger partial charge is 0.354 e. The maximum absolute atomic E-state index is 12.2. The van der Waals surface area contributed by atoms with Gasteiger partial charge in [0.15, 0.2) is 0 Å². The van der Waals surface area contributed by atoms with E-state index in [1.807, 2.05) is 24.4 Å². The lowest BCUT2D eigenvalue weighted by Gasteiger charge is -2.35. The Balaban J connectivity index is 1.30. The first-order valence-corrected chi connectivity index (χ1v) is 10.0. The highest BCUT2D eigenvalue weighted by Gasteiger charge is 2.19. The maximum Gasteiger partial charge on any atom is 0.259 e. The Morgan fingerprint density at radius 2 is 1.96 bits per heavy atom. The molecule has 144 valence electrons. The standard InChI is InChI=1S/C18H18ClN7OS/c19-15-3-1-13(9-20-15)11-25-5-7-26(8-6-25)16-4-2-14(10-21-16)17(27)23-18-24-22-12-28-18/h1-4,9-10,12H,5-8,11H2,(H,23,24,27). The van der Waals surface area contributed by atoms with E-state index in [0.29, 0.717) is 15.8 Å². The summed E-state index contributed by atoms with van der Waals surface area (Å²) in [7, 11) is 0. The monoisotopic (exact) mass is 415 g/mol. The Morgan fingerprint density at radius 1 is 1.11 bits per heavy atom. The van der Waals surface area contributed by atoms with E-state index in [4.69, 9.17) is 11.6 Å². The smallest absolute Gasteiger partial charge is 0.259 e. The summed E-state index contributed by atoms with van der Waals surface area (Å²) in [6.45, 7) is 4.48. The lowest BCUT2D eigenvalue weighted by Crippen LogP contribution is -2.46. The highest BCUT2D eigenvalue weighted by molar-refractivity contribution is 7.13. The summed E-state index contributed by atoms with van der Waals surface area (Å²) >= 11 is 7.11. The molecule has 10 heteroatoms. The van der Waals surface area contributed by atoms with Gasteiger partial charge >= 0.3 is 0 Å². The molecular formula is C18H18ClN7OS. The van der Waals surface area contributed by atoms with E-state index in [1.165, 1.54) is 11.3 Å². The Labute approximate surface area is 171 Å². The zero-order chi connectivity index (χ0) is 19.3. The molecule has 28 heavy (non-hydrogen) atoms. The van der Waals surface area contributed by atoms with Crippen LogP contribution >= 0.6 is 22.9 Å². The summed E-state index contributed by atoms with van der Waals surface area (Å²) < 4.78 is 0. The average molecular weight is 416 g/mol. The molecule has 0 radical (unpaired) electrons. The van der Waals surface area contributed by atoms with Crippen molar-refractivity contribution in [1.82, 2.24) is 25.1 Å². The Kier molecular flexibility index (Phi) is 5.75. The van der Waals surface area contributed by atoms with Gasteiger partial charge in [0.25, 0.3) is 5.91 Å². The fourth-order valence-corrected chi connectivity index (χ4v) is 3.55. The Hall–Kier alpha value is -2.62. The van der Waals surface area contributed by atoms with Crippen molar-refractivity contribution in [3.8, 4) is 0 Å². The molecule has 1 amide bonds. The van der Waals surface area contributed by atoms with Crippen LogP contribution < -0.4 is 10.2 Å². The molecule has 1 aliphatic heterocycles. The van der Waals surface area contributed by atoms with Crippen LogP contribution in [0.4, 0.5) is 10.9 Å². The Bertz CT molecular complexity index is 910. The third-order valence-corrected chi connectivity index (χ3v) is 5.31. The molecule has 0 aliphatic carbocycles. The van der Waals surface area contributed by atoms with Crippen LogP contribution in [-0.2, 0) is 6.54 Å². The number of piperazine rings is 1. The minimum Gasteiger partial charge on any atom is -0.354 e. The predicted octanol–water partition coefficient (Wildman–Crippen LogP) is 2.56. The first-order chi connectivity index (χ1) is 13.7. The van der Waals surface area contributed by atoms with E-state index in [1.54, 1.807) is 17.8 Å². The summed E-state index contributed by atoms with van der Waals surface area (Å²) in [5.74, 6) is 0.637. The van der Waals surface area contributed by atoms with Gasteiger partial charge in [0.2, 0.25) is 5.13 Å². The van der Waals surface area contributed by atoms with Gasteiger partial charge in [-0.15, -0.1) is 10.2 Å². The highest BCUT2D eigenvalue weighted by atomic mass is 35.5. The van der Waals surface area contributed by atoms with Crippen molar-refractivity contribution in [2.75, 3.05) is 36.4 Å². The van der Waals surface area contributed by atoms with Gasteiger partial charge in [0, 0.05) is 45.1 Å². The number of hydrogen-bond acceptors (Lipinski definition) is 8. The Morgan fingerprint density at radius 3 is 2.61 bits per heavy atom. The molecule has 1 fully saturated rings. The van der Waals surface area contributed by atoms with Crippen LogP contribution in [0.2, 0.25) is 5.15 Å². The van der Waals surface area contributed by atoms with E-state index in [2.05, 4.69) is 35.3 Å². The third-order valence-electron chi connectivity index (χ3n) is 4.48. The molecule has 4 heterocycles. The number of halogens is 1. The zero-order valence-corrected chi connectivity index (χ0v) is 16.5. The molecule has 1 aliphatic rings. The molecule has 0 saturated carbocycles. The van der Waals surface area contributed by atoms with Crippen molar-refractivity contribution < 1.29 is 4.79 Å². The number of rotatable bonds is 5. The molecule has 3 aromatic heterocycles. The summed E-state index contributed by atoms with van der Waals surface area (Å²) in [6.07, 6.45) is 3.42. The van der Waals surface area contributed by atoms with Crippen LogP contribution in [-0.4, -0.2) is 57.2 Å². The summed E-state index contributed by atoms with van der Waals surface area (Å²) in [5.41, 5.74) is 3.22. The topological polar surface area (TPSA) is 87.1 Å². The molecular weight excluding hydrogens is 398 g/mol. The van der Waals surface area contributed by atoms with Gasteiger partial charge in [-0.05, 0) is 23.8 Å². The van der Waals surface area contributed by atoms with Crippen LogP contribution in [0.15, 0.2) is 42.2 Å². The summed E-state index contributed by atoms with van der Waals surface area (Å²) in [4.78, 5) is 25.4. The fourth-order valence-electron chi connectivity index (χ4n) is 3.00. The number of pyridine rings is 2. The number of anilines is 2. The number of amides is 1. The minimum atomic E-state index is -0.239. The molecule has 4 rings (SSSR count). The second-order valence-electron chi connectivity index (χ2n) is 6.36. The first-order valence-electron chi connectivity index (χ1n) is 8.79. The second-order valence-corrected chi connectivity index (χ2v) is 7.58. The van der Waals surface area contributed by atoms with Crippen molar-refractivity contribution in [3.05, 3.63) is 58.4 Å².